The zero-order valence-electron chi connectivity index (χ0n) is 6.79. The summed E-state index contributed by atoms with van der Waals surface area (Å²) in [5, 5.41) is 6.32. The van der Waals surface area contributed by atoms with E-state index in [1.165, 1.54) is 0 Å². The van der Waals surface area contributed by atoms with Crippen molar-refractivity contribution in [3.63, 3.8) is 0 Å². The molecule has 0 fully saturated rings. The maximum Gasteiger partial charge on any atom is 0.166 e. The van der Waals surface area contributed by atoms with Crippen molar-refractivity contribution in [1.82, 2.24) is 10.2 Å². The van der Waals surface area contributed by atoms with Crippen LogP contribution in [0.25, 0.3) is 0 Å². The first-order valence-corrected chi connectivity index (χ1v) is 3.72. The van der Waals surface area contributed by atoms with E-state index in [-0.39, 0.29) is 5.78 Å². The Morgan fingerprint density at radius 3 is 2.91 bits per heavy atom. The molecule has 0 aliphatic rings. The van der Waals surface area contributed by atoms with E-state index in [0.717, 1.165) is 0 Å². The topological polar surface area (TPSA) is 45.8 Å². The number of carbonyl (C=O) groups excluding carboxylic acids is 1. The molecule has 3 nitrogen and oxygen atoms in total. The molecular weight excluding hydrogens is 140 g/mol. The van der Waals surface area contributed by atoms with Gasteiger partial charge in [0.05, 0.1) is 11.8 Å². The molecule has 1 heterocycles. The van der Waals surface area contributed by atoms with E-state index in [9.17, 15) is 4.79 Å². The minimum absolute atomic E-state index is 0.161. The Bertz CT molecular complexity index is 226. The van der Waals surface area contributed by atoms with Gasteiger partial charge in [0.2, 0.25) is 0 Å². The third kappa shape index (κ3) is 2.18. The smallest absolute Gasteiger partial charge is 0.166 e. The number of Topliss-reactive ketones (excluding diaryl/α,β-unsaturated/α-hetero) is 1. The van der Waals surface area contributed by atoms with Crippen LogP contribution in [0.2, 0.25) is 0 Å². The number of hydrogen-bond acceptors (Lipinski definition) is 2. The van der Waals surface area contributed by atoms with Gasteiger partial charge in [0, 0.05) is 12.6 Å². The van der Waals surface area contributed by atoms with Crippen LogP contribution in [0.5, 0.6) is 0 Å². The van der Waals surface area contributed by atoms with Crippen molar-refractivity contribution in [3.8, 4) is 0 Å². The molecule has 11 heavy (non-hydrogen) atoms. The normalized spacial score (nSPS) is 10.5. The monoisotopic (exact) mass is 152 g/mol. The molecule has 1 N–H and O–H groups in total. The van der Waals surface area contributed by atoms with Crippen molar-refractivity contribution >= 4 is 5.78 Å². The Kier molecular flexibility index (Phi) is 2.41. The first-order valence-electron chi connectivity index (χ1n) is 3.72. The standard InChI is InChI=1S/C8H12N2O/c1-6(2)3-8(11)7-4-9-10-5-7/h4-6H,3H2,1-2H3,(H,9,10). The second-order valence-electron chi connectivity index (χ2n) is 3.01. The first kappa shape index (κ1) is 7.98. The molecule has 0 spiro atoms. The molecular formula is C8H12N2O. The maximum absolute atomic E-state index is 11.3. The minimum atomic E-state index is 0.161. The number of aromatic amines is 1. The SMILES string of the molecule is CC(C)CC(=O)c1cn[nH]c1. The molecule has 1 rings (SSSR count). The zero-order chi connectivity index (χ0) is 8.27. The number of H-pyrrole nitrogens is 1. The molecule has 0 saturated carbocycles. The van der Waals surface area contributed by atoms with Gasteiger partial charge in [-0.15, -0.1) is 0 Å². The summed E-state index contributed by atoms with van der Waals surface area (Å²) in [5.41, 5.74) is 0.679. The number of nitrogens with zero attached hydrogens (tertiary/aromatic N) is 1. The fraction of sp³-hybridized carbons (Fsp3) is 0.500. The van der Waals surface area contributed by atoms with Gasteiger partial charge in [-0.1, -0.05) is 13.8 Å². The summed E-state index contributed by atoms with van der Waals surface area (Å²) < 4.78 is 0. The largest absolute Gasteiger partial charge is 0.294 e. The lowest BCUT2D eigenvalue weighted by Gasteiger charge is -1.99. The van der Waals surface area contributed by atoms with Crippen molar-refractivity contribution < 1.29 is 4.79 Å². The van der Waals surface area contributed by atoms with Crippen LogP contribution in [0.3, 0.4) is 0 Å². The number of rotatable bonds is 3. The number of ketones is 1. The maximum atomic E-state index is 11.3. The summed E-state index contributed by atoms with van der Waals surface area (Å²) in [4.78, 5) is 11.3. The van der Waals surface area contributed by atoms with E-state index >= 15 is 0 Å². The predicted octanol–water partition coefficient (Wildman–Crippen LogP) is 1.64. The lowest BCUT2D eigenvalue weighted by molar-refractivity contribution is 0.0968. The number of hydrogen-bond donors (Lipinski definition) is 1. The Balaban J connectivity index is 2.57. The van der Waals surface area contributed by atoms with E-state index in [1.54, 1.807) is 12.4 Å². The van der Waals surface area contributed by atoms with Crippen LogP contribution in [-0.4, -0.2) is 16.0 Å². The molecule has 3 heteroatoms. The summed E-state index contributed by atoms with van der Waals surface area (Å²) in [6.45, 7) is 4.05. The van der Waals surface area contributed by atoms with Crippen LogP contribution < -0.4 is 0 Å². The number of carbonyl (C=O) groups is 1. The quantitative estimate of drug-likeness (QED) is 0.669. The third-order valence-corrected chi connectivity index (χ3v) is 1.41. The average molecular weight is 152 g/mol. The van der Waals surface area contributed by atoms with Gasteiger partial charge < -0.3 is 0 Å². The molecule has 0 radical (unpaired) electrons. The van der Waals surface area contributed by atoms with E-state index < -0.39 is 0 Å². The van der Waals surface area contributed by atoms with Crippen molar-refractivity contribution in [2.24, 2.45) is 5.92 Å². The molecule has 0 aliphatic carbocycles. The van der Waals surface area contributed by atoms with E-state index in [0.29, 0.717) is 17.9 Å². The van der Waals surface area contributed by atoms with Crippen LogP contribution in [0.4, 0.5) is 0 Å². The van der Waals surface area contributed by atoms with Gasteiger partial charge in [0.15, 0.2) is 5.78 Å². The van der Waals surface area contributed by atoms with Gasteiger partial charge in [-0.05, 0) is 5.92 Å². The van der Waals surface area contributed by atoms with E-state index in [4.69, 9.17) is 0 Å². The molecule has 0 amide bonds. The summed E-state index contributed by atoms with van der Waals surface area (Å²) in [5.74, 6) is 0.575. The molecule has 0 aromatic carbocycles. The van der Waals surface area contributed by atoms with Crippen molar-refractivity contribution in [1.29, 1.82) is 0 Å². The van der Waals surface area contributed by atoms with Gasteiger partial charge in [-0.3, -0.25) is 9.89 Å². The third-order valence-electron chi connectivity index (χ3n) is 1.41. The van der Waals surface area contributed by atoms with Gasteiger partial charge >= 0.3 is 0 Å². The Hall–Kier alpha value is -1.12. The van der Waals surface area contributed by atoms with Crippen molar-refractivity contribution in [3.05, 3.63) is 18.0 Å². The summed E-state index contributed by atoms with van der Waals surface area (Å²) in [7, 11) is 0. The summed E-state index contributed by atoms with van der Waals surface area (Å²) >= 11 is 0. The summed E-state index contributed by atoms with van der Waals surface area (Å²) in [6, 6.07) is 0. The predicted molar refractivity (Wildman–Crippen MR) is 42.4 cm³/mol. The second-order valence-corrected chi connectivity index (χ2v) is 3.01. The molecule has 1 aromatic rings. The van der Waals surface area contributed by atoms with Gasteiger partial charge in [0.25, 0.3) is 0 Å². The number of nitrogens with one attached hydrogen (secondary N) is 1. The Labute approximate surface area is 65.8 Å². The molecule has 1 aromatic heterocycles. The van der Waals surface area contributed by atoms with Crippen molar-refractivity contribution in [2.75, 3.05) is 0 Å². The zero-order valence-corrected chi connectivity index (χ0v) is 6.79. The molecule has 0 aliphatic heterocycles. The highest BCUT2D eigenvalue weighted by Crippen LogP contribution is 2.06. The molecule has 0 bridgehead atoms. The van der Waals surface area contributed by atoms with Gasteiger partial charge in [-0.25, -0.2) is 0 Å². The minimum Gasteiger partial charge on any atom is -0.294 e. The summed E-state index contributed by atoms with van der Waals surface area (Å²) in [6.07, 6.45) is 3.79. The highest BCUT2D eigenvalue weighted by atomic mass is 16.1. The highest BCUT2D eigenvalue weighted by Gasteiger charge is 2.07. The molecule has 0 unspecified atom stereocenters. The van der Waals surface area contributed by atoms with Crippen LogP contribution in [0, 0.1) is 5.92 Å². The Morgan fingerprint density at radius 1 is 1.73 bits per heavy atom. The van der Waals surface area contributed by atoms with Gasteiger partial charge in [-0.2, -0.15) is 5.10 Å². The van der Waals surface area contributed by atoms with Crippen LogP contribution >= 0.6 is 0 Å². The molecule has 0 saturated heterocycles. The van der Waals surface area contributed by atoms with E-state index in [1.807, 2.05) is 13.8 Å². The van der Waals surface area contributed by atoms with Crippen LogP contribution in [-0.2, 0) is 0 Å². The molecule has 0 atom stereocenters. The second kappa shape index (κ2) is 3.32. The molecule has 60 valence electrons. The average Bonchev–Trinajstić information content (AvgIpc) is 2.35. The number of aromatic nitrogens is 2. The fourth-order valence-corrected chi connectivity index (χ4v) is 0.892. The Morgan fingerprint density at radius 2 is 2.45 bits per heavy atom. The first-order chi connectivity index (χ1) is 5.20. The van der Waals surface area contributed by atoms with E-state index in [2.05, 4.69) is 10.2 Å². The van der Waals surface area contributed by atoms with Crippen LogP contribution in [0.15, 0.2) is 12.4 Å². The van der Waals surface area contributed by atoms with Crippen LogP contribution in [0.1, 0.15) is 30.6 Å². The highest BCUT2D eigenvalue weighted by molar-refractivity contribution is 5.95. The lowest BCUT2D eigenvalue weighted by Crippen LogP contribution is -2.01. The van der Waals surface area contributed by atoms with Gasteiger partial charge in [0.1, 0.15) is 0 Å². The lowest BCUT2D eigenvalue weighted by atomic mass is 10.0. The fourth-order valence-electron chi connectivity index (χ4n) is 0.892. The van der Waals surface area contributed by atoms with Crippen molar-refractivity contribution in [2.45, 2.75) is 20.3 Å².